The molecule has 0 bridgehead atoms. The number of unbranched alkanes of at least 4 members (excludes halogenated alkanes) is 10. The standard InChI is InChI=1S/C16H38N2O3Si.C12H30N2O3Si.C8H22N2O3Si/c1-5-6-7-8-9-10-11-12-13-16(18-15-14-17)22(19-2,20-3)21-4;1-15-18(16-2,17-3)12-8-11-14-10-7-5-4-6-9-13;1-11-14(12-2,13-3)8-4-6-10-7-5-9/h16,18H,5-15,17H2,1-4H3;14H,4-13H2,1-3H3;10H,4-9H2,1-3H3. The molecule has 1 atom stereocenters. The summed E-state index contributed by atoms with van der Waals surface area (Å²) in [5, 5.41) is 10.1. The molecule has 0 amide bonds. The van der Waals surface area contributed by atoms with Crippen LogP contribution >= 0.6 is 0 Å². The third-order valence-corrected chi connectivity index (χ3v) is 18.0. The SMILES string of the molecule is CCCCCCCCCCC(NCCN)[Si](OC)(OC)OC.CO[Si](CCCNCCCCCCN)(OC)OC.CO[Si](CCCNCCN)(OC)OC. The molecule has 0 rings (SSSR count). The van der Waals surface area contributed by atoms with Crippen LogP contribution in [0.25, 0.3) is 0 Å². The highest BCUT2D eigenvalue weighted by Gasteiger charge is 2.46. The zero-order chi connectivity index (χ0) is 41.2. The average Bonchev–Trinajstić information content (AvgIpc) is 3.21. The number of hydrogen-bond donors (Lipinski definition) is 6. The van der Waals surface area contributed by atoms with Crippen LogP contribution in [0.5, 0.6) is 0 Å². The van der Waals surface area contributed by atoms with Gasteiger partial charge in [0.2, 0.25) is 0 Å². The lowest BCUT2D eigenvalue weighted by Gasteiger charge is -2.33. The molecule has 0 aromatic rings. The van der Waals surface area contributed by atoms with Crippen molar-refractivity contribution in [2.24, 2.45) is 17.2 Å². The van der Waals surface area contributed by atoms with E-state index in [1.54, 1.807) is 64.0 Å². The molecule has 0 heterocycles. The summed E-state index contributed by atoms with van der Waals surface area (Å²) in [5.74, 6) is 0. The van der Waals surface area contributed by atoms with E-state index >= 15 is 0 Å². The fourth-order valence-electron chi connectivity index (χ4n) is 5.89. The van der Waals surface area contributed by atoms with Gasteiger partial charge in [-0.25, -0.2) is 0 Å². The lowest BCUT2D eigenvalue weighted by atomic mass is 10.1. The van der Waals surface area contributed by atoms with E-state index in [0.717, 1.165) is 77.0 Å². The van der Waals surface area contributed by atoms with Gasteiger partial charge in [-0.05, 0) is 58.3 Å². The first-order valence-corrected chi connectivity index (χ1v) is 26.1. The van der Waals surface area contributed by atoms with E-state index in [1.165, 1.54) is 70.6 Å². The van der Waals surface area contributed by atoms with Crippen LogP contribution in [0.3, 0.4) is 0 Å². The predicted octanol–water partition coefficient (Wildman–Crippen LogP) is 4.02. The molecule has 0 aromatic heterocycles. The molecular weight excluding hydrogens is 745 g/mol. The molecule has 0 saturated heterocycles. The van der Waals surface area contributed by atoms with Crippen molar-refractivity contribution in [3.05, 3.63) is 0 Å². The van der Waals surface area contributed by atoms with E-state index in [9.17, 15) is 0 Å². The molecule has 0 spiro atoms. The van der Waals surface area contributed by atoms with Crippen molar-refractivity contribution < 1.29 is 39.8 Å². The fourth-order valence-corrected chi connectivity index (χ4v) is 11.6. The minimum Gasteiger partial charge on any atom is -0.377 e. The lowest BCUT2D eigenvalue weighted by molar-refractivity contribution is 0.105. The molecule has 9 N–H and O–H groups in total. The van der Waals surface area contributed by atoms with E-state index in [4.69, 9.17) is 57.0 Å². The minimum absolute atomic E-state index is 0.121. The zero-order valence-corrected chi connectivity index (χ0v) is 39.7. The fraction of sp³-hybridized carbons (Fsp3) is 1.00. The molecule has 330 valence electrons. The predicted molar refractivity (Wildman–Crippen MR) is 230 cm³/mol. The monoisotopic (exact) mass is 835 g/mol. The number of rotatable bonds is 38. The highest BCUT2D eigenvalue weighted by Crippen LogP contribution is 2.19. The number of nitrogens with two attached hydrogens (primary N) is 3. The molecule has 1 unspecified atom stereocenters. The molecule has 0 saturated carbocycles. The molecule has 0 aliphatic heterocycles. The summed E-state index contributed by atoms with van der Waals surface area (Å²) in [6.07, 6.45) is 18.4. The Labute approximate surface area is 335 Å². The van der Waals surface area contributed by atoms with Gasteiger partial charge in [-0.15, -0.1) is 0 Å². The lowest BCUT2D eigenvalue weighted by Crippen LogP contribution is -2.61. The molecular formula is C36H90N6O9Si3. The maximum atomic E-state index is 5.61. The minimum atomic E-state index is -2.64. The van der Waals surface area contributed by atoms with E-state index in [-0.39, 0.29) is 5.67 Å². The van der Waals surface area contributed by atoms with E-state index < -0.39 is 26.4 Å². The van der Waals surface area contributed by atoms with Crippen LogP contribution in [-0.2, 0) is 39.8 Å². The summed E-state index contributed by atoms with van der Waals surface area (Å²) in [4.78, 5) is 0. The van der Waals surface area contributed by atoms with Gasteiger partial charge in [0.05, 0.1) is 5.67 Å². The summed E-state index contributed by atoms with van der Waals surface area (Å²) in [6.45, 7) is 8.93. The second-order valence-corrected chi connectivity index (χ2v) is 22.4. The van der Waals surface area contributed by atoms with E-state index in [2.05, 4.69) is 22.9 Å². The molecule has 18 heteroatoms. The summed E-state index contributed by atoms with van der Waals surface area (Å²) in [7, 11) is 7.53. The van der Waals surface area contributed by atoms with Gasteiger partial charge in [0, 0.05) is 102 Å². The third kappa shape index (κ3) is 30.2. The highest BCUT2D eigenvalue weighted by atomic mass is 28.4. The van der Waals surface area contributed by atoms with Crippen LogP contribution in [0.4, 0.5) is 0 Å². The van der Waals surface area contributed by atoms with Crippen molar-refractivity contribution in [2.75, 3.05) is 116 Å². The topological polar surface area (TPSA) is 197 Å². The second-order valence-electron chi connectivity index (χ2n) is 13.1. The Bertz CT molecular complexity index is 713. The smallest absolute Gasteiger partial charge is 0.377 e. The van der Waals surface area contributed by atoms with Crippen molar-refractivity contribution in [2.45, 2.75) is 121 Å². The van der Waals surface area contributed by atoms with Crippen molar-refractivity contribution in [1.82, 2.24) is 16.0 Å². The Hall–Kier alpha value is 0.0506. The Morgan fingerprint density at radius 1 is 0.407 bits per heavy atom. The molecule has 0 aliphatic carbocycles. The Kier molecular flexibility index (Phi) is 46.1. The zero-order valence-electron chi connectivity index (χ0n) is 36.7. The van der Waals surface area contributed by atoms with Crippen LogP contribution in [0.2, 0.25) is 12.1 Å². The summed E-state index contributed by atoms with van der Waals surface area (Å²) in [5.41, 5.74) is 16.5. The van der Waals surface area contributed by atoms with Gasteiger partial charge >= 0.3 is 26.4 Å². The van der Waals surface area contributed by atoms with Crippen LogP contribution in [0.15, 0.2) is 0 Å². The van der Waals surface area contributed by atoms with Crippen molar-refractivity contribution in [3.63, 3.8) is 0 Å². The van der Waals surface area contributed by atoms with Crippen LogP contribution in [-0.4, -0.2) is 148 Å². The maximum absolute atomic E-state index is 5.61. The number of hydrogen-bond acceptors (Lipinski definition) is 15. The summed E-state index contributed by atoms with van der Waals surface area (Å²) < 4.78 is 48.8. The molecule has 0 aromatic carbocycles. The first-order valence-electron chi connectivity index (χ1n) is 20.4. The van der Waals surface area contributed by atoms with Crippen molar-refractivity contribution in [1.29, 1.82) is 0 Å². The van der Waals surface area contributed by atoms with Gasteiger partial charge < -0.3 is 73.0 Å². The molecule has 54 heavy (non-hydrogen) atoms. The third-order valence-electron chi connectivity index (χ3n) is 9.33. The number of nitrogens with one attached hydrogen (secondary N) is 3. The normalized spacial score (nSPS) is 12.6. The summed E-state index contributed by atoms with van der Waals surface area (Å²) in [6, 6.07) is 1.69. The van der Waals surface area contributed by atoms with Gasteiger partial charge in [-0.2, -0.15) is 0 Å². The van der Waals surface area contributed by atoms with Gasteiger partial charge in [0.15, 0.2) is 0 Å². The Balaban J connectivity index is -0.000000741. The quantitative estimate of drug-likeness (QED) is 0.0385. The highest BCUT2D eigenvalue weighted by molar-refractivity contribution is 6.62. The molecule has 0 radical (unpaired) electrons. The van der Waals surface area contributed by atoms with E-state index in [1.807, 2.05) is 0 Å². The van der Waals surface area contributed by atoms with Gasteiger partial charge in [0.25, 0.3) is 0 Å². The summed E-state index contributed by atoms with van der Waals surface area (Å²) >= 11 is 0. The first-order chi connectivity index (χ1) is 26.2. The Morgan fingerprint density at radius 3 is 1.20 bits per heavy atom. The molecule has 15 nitrogen and oxygen atoms in total. The van der Waals surface area contributed by atoms with Gasteiger partial charge in [0.1, 0.15) is 0 Å². The first kappa shape index (κ1) is 58.4. The average molecular weight is 835 g/mol. The van der Waals surface area contributed by atoms with Gasteiger partial charge in [-0.1, -0.05) is 71.1 Å². The Morgan fingerprint density at radius 2 is 0.796 bits per heavy atom. The largest absolute Gasteiger partial charge is 0.518 e. The van der Waals surface area contributed by atoms with Crippen molar-refractivity contribution in [3.8, 4) is 0 Å². The van der Waals surface area contributed by atoms with Crippen LogP contribution < -0.4 is 33.2 Å². The van der Waals surface area contributed by atoms with Crippen molar-refractivity contribution >= 4 is 26.4 Å². The molecule has 0 fully saturated rings. The van der Waals surface area contributed by atoms with Crippen LogP contribution in [0.1, 0.15) is 103 Å². The van der Waals surface area contributed by atoms with Crippen LogP contribution in [0, 0.1) is 0 Å². The van der Waals surface area contributed by atoms with E-state index in [0.29, 0.717) is 13.1 Å². The van der Waals surface area contributed by atoms with Gasteiger partial charge in [-0.3, -0.25) is 0 Å². The molecule has 0 aliphatic rings. The maximum Gasteiger partial charge on any atom is 0.518 e. The second kappa shape index (κ2) is 42.7.